The summed E-state index contributed by atoms with van der Waals surface area (Å²) in [5.74, 6) is 0.260. The summed E-state index contributed by atoms with van der Waals surface area (Å²) in [6.45, 7) is 2.47. The van der Waals surface area contributed by atoms with Crippen molar-refractivity contribution in [2.75, 3.05) is 16.8 Å². The lowest BCUT2D eigenvalue weighted by atomic mass is 10.2. The average molecular weight is 389 g/mol. The summed E-state index contributed by atoms with van der Waals surface area (Å²) in [5, 5.41) is 3.12. The van der Waals surface area contributed by atoms with Crippen molar-refractivity contribution in [1.29, 1.82) is 0 Å². The molecule has 5 nitrogen and oxygen atoms in total. The summed E-state index contributed by atoms with van der Waals surface area (Å²) in [6, 6.07) is 13.9. The second kappa shape index (κ2) is 7.05. The summed E-state index contributed by atoms with van der Waals surface area (Å²) in [7, 11) is 0. The monoisotopic (exact) mass is 388 g/mol. The quantitative estimate of drug-likeness (QED) is 0.795. The number of hydrogen-bond acceptors (Lipinski definition) is 4. The predicted octanol–water partition coefficient (Wildman–Crippen LogP) is 3.59. The summed E-state index contributed by atoms with van der Waals surface area (Å²) in [4.78, 5) is 26.1. The van der Waals surface area contributed by atoms with Crippen molar-refractivity contribution in [3.8, 4) is 5.75 Å². The number of ether oxygens (including phenoxy) is 1. The zero-order valence-corrected chi connectivity index (χ0v) is 14.7. The Hall–Kier alpha value is -2.34. The SMILES string of the molecule is CCOc1ccc(N2C(=O)C[C@@H](Nc3ccc(Br)cc3)C2=O)cc1. The first-order chi connectivity index (χ1) is 11.6. The highest BCUT2D eigenvalue weighted by molar-refractivity contribution is 9.10. The van der Waals surface area contributed by atoms with E-state index >= 15 is 0 Å². The van der Waals surface area contributed by atoms with Crippen molar-refractivity contribution in [2.24, 2.45) is 0 Å². The van der Waals surface area contributed by atoms with Crippen LogP contribution in [0.15, 0.2) is 53.0 Å². The van der Waals surface area contributed by atoms with E-state index in [9.17, 15) is 9.59 Å². The van der Waals surface area contributed by atoms with Crippen LogP contribution >= 0.6 is 15.9 Å². The van der Waals surface area contributed by atoms with Crippen molar-refractivity contribution in [3.05, 3.63) is 53.0 Å². The van der Waals surface area contributed by atoms with Crippen LogP contribution in [0.2, 0.25) is 0 Å². The molecule has 124 valence electrons. The van der Waals surface area contributed by atoms with Gasteiger partial charge in [0.1, 0.15) is 11.8 Å². The fourth-order valence-electron chi connectivity index (χ4n) is 2.62. The second-order valence-electron chi connectivity index (χ2n) is 5.40. The molecule has 1 atom stereocenters. The Bertz CT molecular complexity index is 744. The molecule has 0 bridgehead atoms. The zero-order chi connectivity index (χ0) is 17.1. The van der Waals surface area contributed by atoms with Gasteiger partial charge in [0.15, 0.2) is 0 Å². The number of amides is 2. The number of rotatable bonds is 5. The van der Waals surface area contributed by atoms with Gasteiger partial charge in [-0.05, 0) is 55.5 Å². The van der Waals surface area contributed by atoms with Crippen molar-refractivity contribution in [3.63, 3.8) is 0 Å². The molecular formula is C18H17BrN2O3. The molecular weight excluding hydrogens is 372 g/mol. The number of hydrogen-bond donors (Lipinski definition) is 1. The molecule has 0 radical (unpaired) electrons. The lowest BCUT2D eigenvalue weighted by Crippen LogP contribution is -2.34. The highest BCUT2D eigenvalue weighted by atomic mass is 79.9. The third-order valence-electron chi connectivity index (χ3n) is 3.74. The average Bonchev–Trinajstić information content (AvgIpc) is 2.85. The number of benzene rings is 2. The Kier molecular flexibility index (Phi) is 4.85. The number of carbonyl (C=O) groups is 2. The minimum Gasteiger partial charge on any atom is -0.494 e. The van der Waals surface area contributed by atoms with Gasteiger partial charge < -0.3 is 10.1 Å². The molecule has 1 aliphatic rings. The third-order valence-corrected chi connectivity index (χ3v) is 4.27. The van der Waals surface area contributed by atoms with E-state index < -0.39 is 6.04 Å². The molecule has 1 N–H and O–H groups in total. The number of nitrogens with zero attached hydrogens (tertiary/aromatic N) is 1. The largest absolute Gasteiger partial charge is 0.494 e. The molecule has 6 heteroatoms. The van der Waals surface area contributed by atoms with Crippen LogP contribution in [-0.4, -0.2) is 24.5 Å². The normalized spacial score (nSPS) is 17.2. The van der Waals surface area contributed by atoms with Gasteiger partial charge in [-0.2, -0.15) is 0 Å². The van der Waals surface area contributed by atoms with Crippen molar-refractivity contribution >= 4 is 39.1 Å². The molecule has 0 aliphatic carbocycles. The Balaban J connectivity index is 1.74. The fraction of sp³-hybridized carbons (Fsp3) is 0.222. The Labute approximate surface area is 148 Å². The molecule has 0 saturated carbocycles. The van der Waals surface area contributed by atoms with Gasteiger partial charge in [-0.3, -0.25) is 9.59 Å². The number of nitrogens with one attached hydrogen (secondary N) is 1. The Morgan fingerprint density at radius 2 is 1.79 bits per heavy atom. The lowest BCUT2D eigenvalue weighted by molar-refractivity contribution is -0.121. The molecule has 2 aromatic rings. The van der Waals surface area contributed by atoms with Gasteiger partial charge in [0.25, 0.3) is 5.91 Å². The van der Waals surface area contributed by atoms with E-state index in [0.717, 1.165) is 10.2 Å². The third kappa shape index (κ3) is 3.43. The molecule has 1 aliphatic heterocycles. The van der Waals surface area contributed by atoms with Gasteiger partial charge in [-0.15, -0.1) is 0 Å². The highest BCUT2D eigenvalue weighted by Crippen LogP contribution is 2.27. The standard InChI is InChI=1S/C18H17BrN2O3/c1-2-24-15-9-7-14(8-10-15)21-17(22)11-16(18(21)23)20-13-5-3-12(19)4-6-13/h3-10,16,20H,2,11H2,1H3/t16-/m1/s1. The zero-order valence-electron chi connectivity index (χ0n) is 13.2. The van der Waals surface area contributed by atoms with E-state index in [1.54, 1.807) is 24.3 Å². The minimum atomic E-state index is -0.551. The number of anilines is 2. The van der Waals surface area contributed by atoms with E-state index in [0.29, 0.717) is 18.0 Å². The second-order valence-corrected chi connectivity index (χ2v) is 6.32. The molecule has 3 rings (SSSR count). The van der Waals surface area contributed by atoms with Crippen LogP contribution in [0, 0.1) is 0 Å². The maximum Gasteiger partial charge on any atom is 0.256 e. The maximum absolute atomic E-state index is 12.6. The van der Waals surface area contributed by atoms with Crippen LogP contribution in [-0.2, 0) is 9.59 Å². The first-order valence-electron chi connectivity index (χ1n) is 7.70. The van der Waals surface area contributed by atoms with Crippen molar-refractivity contribution in [1.82, 2.24) is 0 Å². The smallest absolute Gasteiger partial charge is 0.256 e. The summed E-state index contributed by atoms with van der Waals surface area (Å²) < 4.78 is 6.34. The van der Waals surface area contributed by atoms with E-state index in [4.69, 9.17) is 4.74 Å². The summed E-state index contributed by atoms with van der Waals surface area (Å²) >= 11 is 3.37. The van der Waals surface area contributed by atoms with Gasteiger partial charge >= 0.3 is 0 Å². The van der Waals surface area contributed by atoms with Gasteiger partial charge in [0.05, 0.1) is 18.7 Å². The van der Waals surface area contributed by atoms with Crippen LogP contribution < -0.4 is 15.0 Å². The van der Waals surface area contributed by atoms with E-state index in [-0.39, 0.29) is 18.2 Å². The number of halogens is 1. The number of carbonyl (C=O) groups excluding carboxylic acids is 2. The van der Waals surface area contributed by atoms with E-state index in [2.05, 4.69) is 21.2 Å². The van der Waals surface area contributed by atoms with Gasteiger partial charge in [0, 0.05) is 10.2 Å². The van der Waals surface area contributed by atoms with Crippen LogP contribution in [0.25, 0.3) is 0 Å². The first kappa shape index (κ1) is 16.5. The maximum atomic E-state index is 12.6. The molecule has 0 spiro atoms. The van der Waals surface area contributed by atoms with Gasteiger partial charge in [-0.25, -0.2) is 4.90 Å². The summed E-state index contributed by atoms with van der Waals surface area (Å²) in [6.07, 6.45) is 0.141. The van der Waals surface area contributed by atoms with Gasteiger partial charge in [-0.1, -0.05) is 15.9 Å². The van der Waals surface area contributed by atoms with E-state index in [1.807, 2.05) is 31.2 Å². The van der Waals surface area contributed by atoms with Crippen molar-refractivity contribution in [2.45, 2.75) is 19.4 Å². The Morgan fingerprint density at radius 1 is 1.12 bits per heavy atom. The van der Waals surface area contributed by atoms with Gasteiger partial charge in [0.2, 0.25) is 5.91 Å². The van der Waals surface area contributed by atoms with Crippen LogP contribution in [0.4, 0.5) is 11.4 Å². The lowest BCUT2D eigenvalue weighted by Gasteiger charge is -2.16. The summed E-state index contributed by atoms with van der Waals surface area (Å²) in [5.41, 5.74) is 1.37. The molecule has 24 heavy (non-hydrogen) atoms. The molecule has 0 unspecified atom stereocenters. The fourth-order valence-corrected chi connectivity index (χ4v) is 2.89. The van der Waals surface area contributed by atoms with Crippen LogP contribution in [0.3, 0.4) is 0 Å². The Morgan fingerprint density at radius 3 is 2.42 bits per heavy atom. The van der Waals surface area contributed by atoms with Crippen LogP contribution in [0.5, 0.6) is 5.75 Å². The van der Waals surface area contributed by atoms with Crippen molar-refractivity contribution < 1.29 is 14.3 Å². The molecule has 1 fully saturated rings. The minimum absolute atomic E-state index is 0.141. The molecule has 2 aromatic carbocycles. The molecule has 0 aromatic heterocycles. The topological polar surface area (TPSA) is 58.6 Å². The highest BCUT2D eigenvalue weighted by Gasteiger charge is 2.39. The first-order valence-corrected chi connectivity index (χ1v) is 8.49. The predicted molar refractivity (Wildman–Crippen MR) is 96.3 cm³/mol. The molecule has 1 heterocycles. The number of imide groups is 1. The molecule has 1 saturated heterocycles. The molecule has 2 amide bonds. The van der Waals surface area contributed by atoms with E-state index in [1.165, 1.54) is 4.90 Å². The van der Waals surface area contributed by atoms with Crippen LogP contribution in [0.1, 0.15) is 13.3 Å².